The van der Waals surface area contributed by atoms with Gasteiger partial charge < -0.3 is 10.1 Å². The topological polar surface area (TPSA) is 113 Å². The Hall–Kier alpha value is -2.32. The molecule has 1 rings (SSSR count). The highest BCUT2D eigenvalue weighted by atomic mass is 19.3. The molecule has 0 amide bonds. The standard InChI is InChI=1S/C7H4F2N2O5/c8-6(9)3-4(7(13)14)10-1-2(5(3)12)11(15)16/h1,6H,(H,10,12)(H,13,14). The maximum atomic E-state index is 12.4. The van der Waals surface area contributed by atoms with Gasteiger partial charge >= 0.3 is 11.7 Å². The first-order chi connectivity index (χ1) is 7.36. The van der Waals surface area contributed by atoms with Gasteiger partial charge in [-0.2, -0.15) is 0 Å². The summed E-state index contributed by atoms with van der Waals surface area (Å²) in [4.78, 5) is 32.5. The predicted molar refractivity (Wildman–Crippen MR) is 45.6 cm³/mol. The zero-order valence-electron chi connectivity index (χ0n) is 7.44. The third kappa shape index (κ3) is 1.87. The Morgan fingerprint density at radius 3 is 2.50 bits per heavy atom. The van der Waals surface area contributed by atoms with E-state index in [1.54, 1.807) is 4.98 Å². The molecule has 0 aliphatic carbocycles. The number of pyridine rings is 1. The maximum Gasteiger partial charge on any atom is 0.352 e. The van der Waals surface area contributed by atoms with Crippen molar-refractivity contribution in [3.8, 4) is 0 Å². The number of carboxylic acids is 1. The largest absolute Gasteiger partial charge is 0.477 e. The number of carbonyl (C=O) groups is 1. The number of H-pyrrole nitrogens is 1. The van der Waals surface area contributed by atoms with Crippen molar-refractivity contribution < 1.29 is 23.6 Å². The second kappa shape index (κ2) is 4.04. The molecular weight excluding hydrogens is 230 g/mol. The number of nitrogens with zero attached hydrogens (tertiary/aromatic N) is 1. The van der Waals surface area contributed by atoms with Crippen molar-refractivity contribution in [2.24, 2.45) is 0 Å². The number of rotatable bonds is 3. The molecule has 0 unspecified atom stereocenters. The molecule has 16 heavy (non-hydrogen) atoms. The molecule has 0 aliphatic heterocycles. The molecule has 0 saturated carbocycles. The number of aromatic nitrogens is 1. The number of aromatic carboxylic acids is 1. The molecule has 0 spiro atoms. The van der Waals surface area contributed by atoms with Gasteiger partial charge in [0.2, 0.25) is 0 Å². The fourth-order valence-corrected chi connectivity index (χ4v) is 1.06. The number of hydrogen-bond acceptors (Lipinski definition) is 4. The fourth-order valence-electron chi connectivity index (χ4n) is 1.06. The molecule has 9 heteroatoms. The van der Waals surface area contributed by atoms with E-state index in [1.807, 2.05) is 0 Å². The molecule has 2 N–H and O–H groups in total. The van der Waals surface area contributed by atoms with Gasteiger partial charge in [-0.3, -0.25) is 14.9 Å². The van der Waals surface area contributed by atoms with E-state index in [4.69, 9.17) is 5.11 Å². The fraction of sp³-hybridized carbons (Fsp3) is 0.143. The van der Waals surface area contributed by atoms with Crippen LogP contribution in [0.3, 0.4) is 0 Å². The molecule has 0 radical (unpaired) electrons. The summed E-state index contributed by atoms with van der Waals surface area (Å²) >= 11 is 0. The number of nitro groups is 1. The lowest BCUT2D eigenvalue weighted by atomic mass is 10.2. The zero-order valence-corrected chi connectivity index (χ0v) is 7.44. The summed E-state index contributed by atoms with van der Waals surface area (Å²) in [5.74, 6) is -1.79. The van der Waals surface area contributed by atoms with Gasteiger partial charge in [-0.15, -0.1) is 0 Å². The summed E-state index contributed by atoms with van der Waals surface area (Å²) in [6.45, 7) is 0. The second-order valence-electron chi connectivity index (χ2n) is 2.65. The molecule has 0 aromatic carbocycles. The van der Waals surface area contributed by atoms with Crippen LogP contribution >= 0.6 is 0 Å². The van der Waals surface area contributed by atoms with E-state index < -0.39 is 39.7 Å². The van der Waals surface area contributed by atoms with Crippen LogP contribution in [0.4, 0.5) is 14.5 Å². The van der Waals surface area contributed by atoms with Crippen LogP contribution in [0.1, 0.15) is 22.5 Å². The van der Waals surface area contributed by atoms with Crippen molar-refractivity contribution in [1.82, 2.24) is 4.98 Å². The van der Waals surface area contributed by atoms with Gasteiger partial charge in [0.1, 0.15) is 11.3 Å². The van der Waals surface area contributed by atoms with Gasteiger partial charge in [-0.25, -0.2) is 13.6 Å². The Morgan fingerprint density at radius 1 is 1.56 bits per heavy atom. The quantitative estimate of drug-likeness (QED) is 0.596. The minimum Gasteiger partial charge on any atom is -0.477 e. The van der Waals surface area contributed by atoms with Crippen molar-refractivity contribution >= 4 is 11.7 Å². The van der Waals surface area contributed by atoms with E-state index in [1.165, 1.54) is 0 Å². The van der Waals surface area contributed by atoms with Crippen LogP contribution in [0, 0.1) is 10.1 Å². The first-order valence-corrected chi connectivity index (χ1v) is 3.77. The van der Waals surface area contributed by atoms with Gasteiger partial charge in [0.15, 0.2) is 0 Å². The SMILES string of the molecule is O=C(O)c1[nH]cc([N+](=O)[O-])c(=O)c1C(F)F. The summed E-state index contributed by atoms with van der Waals surface area (Å²) < 4.78 is 24.8. The molecule has 0 saturated heterocycles. The van der Waals surface area contributed by atoms with Gasteiger partial charge in [0.25, 0.3) is 11.9 Å². The van der Waals surface area contributed by atoms with Crippen molar-refractivity contribution in [2.45, 2.75) is 6.43 Å². The van der Waals surface area contributed by atoms with Crippen LogP contribution in [-0.2, 0) is 0 Å². The van der Waals surface area contributed by atoms with Crippen molar-refractivity contribution in [3.63, 3.8) is 0 Å². The second-order valence-corrected chi connectivity index (χ2v) is 2.65. The molecule has 1 heterocycles. The van der Waals surface area contributed by atoms with Crippen LogP contribution in [-0.4, -0.2) is 21.0 Å². The lowest BCUT2D eigenvalue weighted by Crippen LogP contribution is -2.20. The Bertz CT molecular complexity index is 510. The molecule has 0 fully saturated rings. The summed E-state index contributed by atoms with van der Waals surface area (Å²) in [5, 5.41) is 18.8. The van der Waals surface area contributed by atoms with Crippen LogP contribution in [0.15, 0.2) is 11.0 Å². The Morgan fingerprint density at radius 2 is 2.12 bits per heavy atom. The van der Waals surface area contributed by atoms with Gasteiger partial charge in [0.05, 0.1) is 11.1 Å². The lowest BCUT2D eigenvalue weighted by molar-refractivity contribution is -0.386. The molecule has 0 aliphatic rings. The van der Waals surface area contributed by atoms with Crippen molar-refractivity contribution in [2.75, 3.05) is 0 Å². The van der Waals surface area contributed by atoms with Crippen LogP contribution in [0.25, 0.3) is 0 Å². The zero-order chi connectivity index (χ0) is 12.5. The summed E-state index contributed by atoms with van der Waals surface area (Å²) in [6.07, 6.45) is -2.94. The normalized spacial score (nSPS) is 10.4. The minimum atomic E-state index is -3.41. The summed E-state index contributed by atoms with van der Waals surface area (Å²) in [7, 11) is 0. The Labute approximate surface area is 85.5 Å². The first kappa shape index (κ1) is 11.8. The highest BCUT2D eigenvalue weighted by Crippen LogP contribution is 2.20. The van der Waals surface area contributed by atoms with E-state index >= 15 is 0 Å². The molecule has 86 valence electrons. The van der Waals surface area contributed by atoms with E-state index in [-0.39, 0.29) is 0 Å². The average Bonchev–Trinajstić information content (AvgIpc) is 2.15. The number of alkyl halides is 2. The van der Waals surface area contributed by atoms with E-state index in [0.717, 1.165) is 0 Å². The predicted octanol–water partition coefficient (Wildman–Crippen LogP) is 0.919. The third-order valence-corrected chi connectivity index (χ3v) is 1.73. The monoisotopic (exact) mass is 234 g/mol. The van der Waals surface area contributed by atoms with Crippen LogP contribution in [0.2, 0.25) is 0 Å². The first-order valence-electron chi connectivity index (χ1n) is 3.77. The molecule has 0 atom stereocenters. The van der Waals surface area contributed by atoms with E-state index in [2.05, 4.69) is 0 Å². The van der Waals surface area contributed by atoms with Gasteiger partial charge in [-0.05, 0) is 0 Å². The Balaban J connectivity index is 3.61. The summed E-state index contributed by atoms with van der Waals surface area (Å²) in [6, 6.07) is 0. The summed E-state index contributed by atoms with van der Waals surface area (Å²) in [5.41, 5.74) is -5.19. The molecular formula is C7H4F2N2O5. The van der Waals surface area contributed by atoms with Gasteiger partial charge in [0, 0.05) is 0 Å². The van der Waals surface area contributed by atoms with E-state index in [0.29, 0.717) is 6.20 Å². The maximum absolute atomic E-state index is 12.4. The van der Waals surface area contributed by atoms with E-state index in [9.17, 15) is 28.5 Å². The number of halogens is 2. The number of hydrogen-bond donors (Lipinski definition) is 2. The Kier molecular flexibility index (Phi) is 2.97. The number of nitrogens with one attached hydrogen (secondary N) is 1. The molecule has 1 aromatic rings. The third-order valence-electron chi connectivity index (χ3n) is 1.73. The highest BCUT2D eigenvalue weighted by Gasteiger charge is 2.28. The van der Waals surface area contributed by atoms with Crippen molar-refractivity contribution in [1.29, 1.82) is 0 Å². The van der Waals surface area contributed by atoms with Crippen LogP contribution < -0.4 is 5.43 Å². The molecule has 1 aromatic heterocycles. The molecule has 0 bridgehead atoms. The average molecular weight is 234 g/mol. The van der Waals surface area contributed by atoms with Gasteiger partial charge in [-0.1, -0.05) is 0 Å². The molecule has 7 nitrogen and oxygen atoms in total. The smallest absolute Gasteiger partial charge is 0.352 e. The van der Waals surface area contributed by atoms with Crippen molar-refractivity contribution in [3.05, 3.63) is 37.8 Å². The number of carboxylic acid groups (broad SMARTS) is 1. The highest BCUT2D eigenvalue weighted by molar-refractivity contribution is 5.87. The minimum absolute atomic E-state index is 0.470. The number of aromatic amines is 1. The van der Waals surface area contributed by atoms with Crippen LogP contribution in [0.5, 0.6) is 0 Å². The lowest BCUT2D eigenvalue weighted by Gasteiger charge is -2.03.